The number of hydrogen-bond acceptors (Lipinski definition) is 2. The summed E-state index contributed by atoms with van der Waals surface area (Å²) in [4.78, 5) is 0. The minimum absolute atomic E-state index is 0.395. The highest BCUT2D eigenvalue weighted by atomic mass is 35.5. The van der Waals surface area contributed by atoms with Gasteiger partial charge in [-0.15, -0.1) is 0 Å². The molecule has 1 unspecified atom stereocenters. The highest BCUT2D eigenvalue weighted by molar-refractivity contribution is 6.31. The van der Waals surface area contributed by atoms with Crippen LogP contribution >= 0.6 is 11.6 Å². The Morgan fingerprint density at radius 2 is 1.70 bits per heavy atom. The maximum Gasteiger partial charge on any atom is 0.0443 e. The SMILES string of the molecule is CCC(CC(CN)CN)c1cc2c(cc1Cl)CCCC2. The molecule has 3 heteroatoms. The molecule has 0 saturated heterocycles. The van der Waals surface area contributed by atoms with E-state index in [1.54, 1.807) is 0 Å². The molecule has 1 aliphatic carbocycles. The Balaban J connectivity index is 2.24. The molecular weight excluding hydrogens is 268 g/mol. The highest BCUT2D eigenvalue weighted by Gasteiger charge is 2.20. The minimum atomic E-state index is 0.395. The van der Waals surface area contributed by atoms with Gasteiger partial charge in [0.05, 0.1) is 0 Å². The van der Waals surface area contributed by atoms with Crippen LogP contribution < -0.4 is 11.5 Å². The molecule has 20 heavy (non-hydrogen) atoms. The summed E-state index contributed by atoms with van der Waals surface area (Å²) in [5.41, 5.74) is 15.9. The summed E-state index contributed by atoms with van der Waals surface area (Å²) >= 11 is 6.54. The molecular formula is C17H27ClN2. The lowest BCUT2D eigenvalue weighted by atomic mass is 9.83. The monoisotopic (exact) mass is 294 g/mol. The van der Waals surface area contributed by atoms with Crippen LogP contribution in [0.25, 0.3) is 0 Å². The quantitative estimate of drug-likeness (QED) is 0.841. The van der Waals surface area contributed by atoms with Gasteiger partial charge in [-0.05, 0) is 86.2 Å². The van der Waals surface area contributed by atoms with Gasteiger partial charge >= 0.3 is 0 Å². The number of benzene rings is 1. The first kappa shape index (κ1) is 15.8. The smallest absolute Gasteiger partial charge is 0.0443 e. The minimum Gasteiger partial charge on any atom is -0.330 e. The first-order chi connectivity index (χ1) is 9.69. The summed E-state index contributed by atoms with van der Waals surface area (Å²) in [6, 6.07) is 4.56. The van der Waals surface area contributed by atoms with Crippen LogP contribution in [-0.2, 0) is 12.8 Å². The van der Waals surface area contributed by atoms with E-state index in [0.29, 0.717) is 24.9 Å². The number of halogens is 1. The van der Waals surface area contributed by atoms with Gasteiger partial charge in [-0.25, -0.2) is 0 Å². The van der Waals surface area contributed by atoms with E-state index in [1.807, 2.05) is 0 Å². The second-order valence-electron chi connectivity index (χ2n) is 6.03. The molecule has 0 fully saturated rings. The van der Waals surface area contributed by atoms with E-state index in [4.69, 9.17) is 23.1 Å². The Hall–Kier alpha value is -0.570. The molecule has 0 saturated carbocycles. The Bertz CT molecular complexity index is 441. The molecule has 2 nitrogen and oxygen atoms in total. The molecule has 112 valence electrons. The Kier molecular flexibility index (Phi) is 5.88. The molecule has 1 aromatic rings. The third kappa shape index (κ3) is 3.55. The van der Waals surface area contributed by atoms with Crippen LogP contribution in [0.15, 0.2) is 12.1 Å². The number of rotatable bonds is 6. The van der Waals surface area contributed by atoms with E-state index in [9.17, 15) is 0 Å². The number of nitrogens with two attached hydrogens (primary N) is 2. The van der Waals surface area contributed by atoms with Crippen LogP contribution in [0, 0.1) is 5.92 Å². The molecule has 0 heterocycles. The van der Waals surface area contributed by atoms with Gasteiger partial charge in [0.25, 0.3) is 0 Å². The zero-order chi connectivity index (χ0) is 14.5. The van der Waals surface area contributed by atoms with Gasteiger partial charge in [-0.2, -0.15) is 0 Å². The number of aryl methyl sites for hydroxylation is 2. The van der Waals surface area contributed by atoms with Crippen molar-refractivity contribution in [3.05, 3.63) is 33.8 Å². The summed E-state index contributed by atoms with van der Waals surface area (Å²) in [5.74, 6) is 0.874. The van der Waals surface area contributed by atoms with Crippen molar-refractivity contribution in [2.24, 2.45) is 17.4 Å². The fourth-order valence-corrected chi connectivity index (χ4v) is 3.63. The topological polar surface area (TPSA) is 52.0 Å². The van der Waals surface area contributed by atoms with Crippen LogP contribution in [0.3, 0.4) is 0 Å². The molecule has 0 amide bonds. The van der Waals surface area contributed by atoms with E-state index >= 15 is 0 Å². The van der Waals surface area contributed by atoms with Crippen LogP contribution in [0.5, 0.6) is 0 Å². The summed E-state index contributed by atoms with van der Waals surface area (Å²) in [6.45, 7) is 3.55. The molecule has 1 atom stereocenters. The average Bonchev–Trinajstić information content (AvgIpc) is 2.48. The van der Waals surface area contributed by atoms with Crippen LogP contribution in [0.1, 0.15) is 55.2 Å². The highest BCUT2D eigenvalue weighted by Crippen LogP contribution is 2.35. The van der Waals surface area contributed by atoms with Crippen molar-refractivity contribution < 1.29 is 0 Å². The van der Waals surface area contributed by atoms with Gasteiger partial charge in [-0.1, -0.05) is 24.6 Å². The van der Waals surface area contributed by atoms with Crippen LogP contribution in [-0.4, -0.2) is 13.1 Å². The summed E-state index contributed by atoms with van der Waals surface area (Å²) in [6.07, 6.45) is 7.12. The predicted octanol–water partition coefficient (Wildman–Crippen LogP) is 3.64. The Morgan fingerprint density at radius 1 is 1.10 bits per heavy atom. The largest absolute Gasteiger partial charge is 0.330 e. The molecule has 0 aliphatic heterocycles. The van der Waals surface area contributed by atoms with Crippen molar-refractivity contribution in [2.45, 2.75) is 51.4 Å². The van der Waals surface area contributed by atoms with Crippen molar-refractivity contribution >= 4 is 11.6 Å². The lowest BCUT2D eigenvalue weighted by molar-refractivity contribution is 0.442. The first-order valence-corrected chi connectivity index (χ1v) is 8.28. The van der Waals surface area contributed by atoms with Gasteiger partial charge in [0.2, 0.25) is 0 Å². The molecule has 1 aromatic carbocycles. The second-order valence-corrected chi connectivity index (χ2v) is 6.44. The third-order valence-corrected chi connectivity index (χ3v) is 5.01. The molecule has 0 spiro atoms. The zero-order valence-electron chi connectivity index (χ0n) is 12.5. The fraction of sp³-hybridized carbons (Fsp3) is 0.647. The molecule has 2 rings (SSSR count). The lowest BCUT2D eigenvalue weighted by Crippen LogP contribution is -2.25. The zero-order valence-corrected chi connectivity index (χ0v) is 13.3. The van der Waals surface area contributed by atoms with E-state index in [0.717, 1.165) is 17.9 Å². The van der Waals surface area contributed by atoms with E-state index in [2.05, 4.69) is 19.1 Å². The van der Waals surface area contributed by atoms with Gasteiger partial charge in [0.15, 0.2) is 0 Å². The van der Waals surface area contributed by atoms with Gasteiger partial charge in [0, 0.05) is 5.02 Å². The average molecular weight is 295 g/mol. The number of fused-ring (bicyclic) bond motifs is 1. The van der Waals surface area contributed by atoms with Crippen molar-refractivity contribution in [2.75, 3.05) is 13.1 Å². The summed E-state index contributed by atoms with van der Waals surface area (Å²) in [7, 11) is 0. The predicted molar refractivity (Wildman–Crippen MR) is 87.3 cm³/mol. The summed E-state index contributed by atoms with van der Waals surface area (Å²) in [5, 5.41) is 0.935. The molecule has 1 aliphatic rings. The van der Waals surface area contributed by atoms with Crippen molar-refractivity contribution in [1.82, 2.24) is 0 Å². The van der Waals surface area contributed by atoms with Gasteiger partial charge in [-0.3, -0.25) is 0 Å². The van der Waals surface area contributed by atoms with Crippen molar-refractivity contribution in [3.8, 4) is 0 Å². The van der Waals surface area contributed by atoms with Crippen molar-refractivity contribution in [1.29, 1.82) is 0 Å². The van der Waals surface area contributed by atoms with Gasteiger partial charge in [0.1, 0.15) is 0 Å². The second kappa shape index (κ2) is 7.44. The van der Waals surface area contributed by atoms with Crippen LogP contribution in [0.4, 0.5) is 0 Å². The van der Waals surface area contributed by atoms with E-state index in [1.165, 1.54) is 42.4 Å². The third-order valence-electron chi connectivity index (χ3n) is 4.68. The molecule has 0 aromatic heterocycles. The standard InChI is InChI=1S/C17H27ClN2/c1-2-13(7-12(10-19)11-20)16-8-14-5-3-4-6-15(14)9-17(16)18/h8-9,12-13H,2-7,10-11,19-20H2,1H3. The summed E-state index contributed by atoms with van der Waals surface area (Å²) < 4.78 is 0. The van der Waals surface area contributed by atoms with E-state index in [-0.39, 0.29) is 0 Å². The van der Waals surface area contributed by atoms with Gasteiger partial charge < -0.3 is 11.5 Å². The fourth-order valence-electron chi connectivity index (χ4n) is 3.29. The van der Waals surface area contributed by atoms with Crippen molar-refractivity contribution in [3.63, 3.8) is 0 Å². The lowest BCUT2D eigenvalue weighted by Gasteiger charge is -2.25. The molecule has 0 bridgehead atoms. The maximum atomic E-state index is 6.54. The Labute approximate surface area is 127 Å². The molecule has 0 radical (unpaired) electrons. The number of hydrogen-bond donors (Lipinski definition) is 2. The van der Waals surface area contributed by atoms with E-state index < -0.39 is 0 Å². The first-order valence-electron chi connectivity index (χ1n) is 7.90. The Morgan fingerprint density at radius 3 is 2.25 bits per heavy atom. The normalized spacial score (nSPS) is 16.2. The van der Waals surface area contributed by atoms with Crippen LogP contribution in [0.2, 0.25) is 5.02 Å². The molecule has 4 N–H and O–H groups in total. The maximum absolute atomic E-state index is 6.54.